The molecular weight excluding hydrogens is 225 g/mol. The Morgan fingerprint density at radius 2 is 1.24 bits per heavy atom. The van der Waals surface area contributed by atoms with Crippen LogP contribution in [0.2, 0.25) is 0 Å². The van der Waals surface area contributed by atoms with E-state index in [1.807, 2.05) is 36.8 Å². The highest BCUT2D eigenvalue weighted by Gasteiger charge is 2.29. The van der Waals surface area contributed by atoms with E-state index in [1.54, 1.807) is 0 Å². The molecule has 0 atom stereocenters. The molecule has 0 bridgehead atoms. The zero-order valence-electron chi connectivity index (χ0n) is 8.91. The summed E-state index contributed by atoms with van der Waals surface area (Å²) < 4.78 is 37.0. The summed E-state index contributed by atoms with van der Waals surface area (Å²) >= 11 is 0. The maximum absolute atomic E-state index is 12.3. The number of hydrogen-bond acceptors (Lipinski definition) is 0. The normalized spacial score (nSPS) is 11.5. The number of alkyl halides is 3. The van der Waals surface area contributed by atoms with Gasteiger partial charge < -0.3 is 0 Å². The number of rotatable bonds is 2. The van der Waals surface area contributed by atoms with Gasteiger partial charge in [-0.25, -0.2) is 0 Å². The van der Waals surface area contributed by atoms with Crippen LogP contribution < -0.4 is 0 Å². The Balaban J connectivity index is 2.14. The van der Waals surface area contributed by atoms with Crippen molar-refractivity contribution in [1.29, 1.82) is 0 Å². The average Bonchev–Trinajstić information content (AvgIpc) is 2.30. The first-order valence-corrected chi connectivity index (χ1v) is 5.13. The molecule has 87 valence electrons. The van der Waals surface area contributed by atoms with Crippen molar-refractivity contribution in [2.75, 3.05) is 0 Å². The van der Waals surface area contributed by atoms with Gasteiger partial charge in [0.1, 0.15) is 0 Å². The lowest BCUT2D eigenvalue weighted by molar-refractivity contribution is -0.137. The van der Waals surface area contributed by atoms with Crippen molar-refractivity contribution >= 4 is 0 Å². The Morgan fingerprint density at radius 3 is 1.76 bits per heavy atom. The van der Waals surface area contributed by atoms with Crippen LogP contribution in [0.15, 0.2) is 54.6 Å². The van der Waals surface area contributed by atoms with Crippen LogP contribution in [-0.2, 0) is 6.18 Å². The molecule has 0 N–H and O–H groups in total. The Bertz CT molecular complexity index is 469. The molecule has 0 amide bonds. The summed E-state index contributed by atoms with van der Waals surface area (Å²) in [6, 6.07) is 14.6. The second-order valence-electron chi connectivity index (χ2n) is 3.67. The number of benzene rings is 2. The molecule has 0 unspecified atom stereocenters. The highest BCUT2D eigenvalue weighted by atomic mass is 19.4. The van der Waals surface area contributed by atoms with Crippen molar-refractivity contribution in [1.82, 2.24) is 0 Å². The van der Waals surface area contributed by atoms with Gasteiger partial charge in [-0.1, -0.05) is 42.5 Å². The highest BCUT2D eigenvalue weighted by Crippen LogP contribution is 2.29. The molecule has 2 aromatic rings. The first-order valence-electron chi connectivity index (χ1n) is 5.13. The lowest BCUT2D eigenvalue weighted by Gasteiger charge is -2.07. The summed E-state index contributed by atoms with van der Waals surface area (Å²) in [6.07, 6.45) is -2.44. The van der Waals surface area contributed by atoms with E-state index < -0.39 is 11.7 Å². The molecular formula is C14H10F3. The first-order chi connectivity index (χ1) is 8.05. The molecule has 0 nitrogen and oxygen atoms in total. The van der Waals surface area contributed by atoms with E-state index in [0.717, 1.165) is 23.3 Å². The van der Waals surface area contributed by atoms with Gasteiger partial charge in [0, 0.05) is 6.42 Å². The van der Waals surface area contributed by atoms with E-state index in [1.165, 1.54) is 12.1 Å². The topological polar surface area (TPSA) is 0 Å². The second-order valence-corrected chi connectivity index (χ2v) is 3.67. The van der Waals surface area contributed by atoms with Gasteiger partial charge in [-0.05, 0) is 23.3 Å². The van der Waals surface area contributed by atoms with Gasteiger partial charge in [0.05, 0.1) is 5.56 Å². The highest BCUT2D eigenvalue weighted by molar-refractivity contribution is 5.38. The number of halogens is 3. The van der Waals surface area contributed by atoms with E-state index in [-0.39, 0.29) is 0 Å². The van der Waals surface area contributed by atoms with Gasteiger partial charge in [0.25, 0.3) is 0 Å². The van der Waals surface area contributed by atoms with Crippen molar-refractivity contribution in [3.8, 4) is 0 Å². The van der Waals surface area contributed by atoms with E-state index in [9.17, 15) is 13.2 Å². The van der Waals surface area contributed by atoms with Crippen molar-refractivity contribution in [2.24, 2.45) is 0 Å². The Morgan fingerprint density at radius 1 is 0.706 bits per heavy atom. The van der Waals surface area contributed by atoms with Crippen LogP contribution in [0.4, 0.5) is 13.2 Å². The zero-order chi connectivity index (χ0) is 12.3. The zero-order valence-corrected chi connectivity index (χ0v) is 8.91. The molecule has 0 heterocycles. The van der Waals surface area contributed by atoms with Crippen LogP contribution in [0, 0.1) is 6.42 Å². The van der Waals surface area contributed by atoms with Gasteiger partial charge in [-0.3, -0.25) is 0 Å². The molecule has 0 spiro atoms. The Labute approximate surface area is 97.7 Å². The quantitative estimate of drug-likeness (QED) is 0.727. The van der Waals surface area contributed by atoms with E-state index >= 15 is 0 Å². The molecule has 0 saturated heterocycles. The van der Waals surface area contributed by atoms with Gasteiger partial charge in [0.15, 0.2) is 0 Å². The maximum Gasteiger partial charge on any atom is 0.416 e. The minimum Gasteiger partial charge on any atom is -0.166 e. The van der Waals surface area contributed by atoms with Crippen molar-refractivity contribution < 1.29 is 13.2 Å². The lowest BCUT2D eigenvalue weighted by atomic mass is 10.0. The SMILES string of the molecule is FC(F)(F)c1ccc([CH]c2ccccc2)cc1. The molecule has 2 rings (SSSR count). The third-order valence-electron chi connectivity index (χ3n) is 2.37. The van der Waals surface area contributed by atoms with Crippen LogP contribution in [0.25, 0.3) is 0 Å². The van der Waals surface area contributed by atoms with Gasteiger partial charge in [-0.15, -0.1) is 0 Å². The smallest absolute Gasteiger partial charge is 0.166 e. The maximum atomic E-state index is 12.3. The van der Waals surface area contributed by atoms with E-state index in [4.69, 9.17) is 0 Å². The van der Waals surface area contributed by atoms with Gasteiger partial charge in [-0.2, -0.15) is 13.2 Å². The summed E-state index contributed by atoms with van der Waals surface area (Å²) in [4.78, 5) is 0. The summed E-state index contributed by atoms with van der Waals surface area (Å²) in [5.41, 5.74) is 1.10. The fourth-order valence-corrected chi connectivity index (χ4v) is 1.51. The monoisotopic (exact) mass is 235 g/mol. The standard InChI is InChI=1S/C14H10F3/c15-14(16,17)13-8-6-12(7-9-13)10-11-4-2-1-3-5-11/h1-10H. The third-order valence-corrected chi connectivity index (χ3v) is 2.37. The molecule has 3 heteroatoms. The summed E-state index contributed by atoms with van der Waals surface area (Å²) in [5.74, 6) is 0. The number of hydrogen-bond donors (Lipinski definition) is 0. The summed E-state index contributed by atoms with van der Waals surface area (Å²) in [7, 11) is 0. The van der Waals surface area contributed by atoms with Crippen LogP contribution in [0.3, 0.4) is 0 Å². The molecule has 0 aliphatic heterocycles. The average molecular weight is 235 g/mol. The Kier molecular flexibility index (Phi) is 3.18. The van der Waals surface area contributed by atoms with Crippen molar-refractivity contribution in [3.63, 3.8) is 0 Å². The van der Waals surface area contributed by atoms with Crippen molar-refractivity contribution in [3.05, 3.63) is 77.7 Å². The molecule has 17 heavy (non-hydrogen) atoms. The van der Waals surface area contributed by atoms with Crippen LogP contribution in [0.1, 0.15) is 16.7 Å². The van der Waals surface area contributed by atoms with Crippen LogP contribution in [0.5, 0.6) is 0 Å². The van der Waals surface area contributed by atoms with Gasteiger partial charge in [0.2, 0.25) is 0 Å². The predicted octanol–water partition coefficient (Wildman–Crippen LogP) is 4.31. The fraction of sp³-hybridized carbons (Fsp3) is 0.0714. The minimum absolute atomic E-state index is 0.622. The molecule has 0 fully saturated rings. The molecule has 0 aliphatic carbocycles. The molecule has 1 radical (unpaired) electrons. The lowest BCUT2D eigenvalue weighted by Crippen LogP contribution is -2.04. The van der Waals surface area contributed by atoms with Gasteiger partial charge >= 0.3 is 6.18 Å². The second kappa shape index (κ2) is 4.62. The summed E-state index contributed by atoms with van der Waals surface area (Å²) in [5, 5.41) is 0. The fourth-order valence-electron chi connectivity index (χ4n) is 1.51. The largest absolute Gasteiger partial charge is 0.416 e. The molecule has 0 aliphatic rings. The third kappa shape index (κ3) is 3.09. The molecule has 0 aromatic heterocycles. The van der Waals surface area contributed by atoms with Crippen LogP contribution in [-0.4, -0.2) is 0 Å². The minimum atomic E-state index is -4.27. The van der Waals surface area contributed by atoms with E-state index in [0.29, 0.717) is 0 Å². The summed E-state index contributed by atoms with van der Waals surface area (Å²) in [6.45, 7) is 0. The van der Waals surface area contributed by atoms with Crippen LogP contribution >= 0.6 is 0 Å². The molecule has 0 saturated carbocycles. The first kappa shape index (κ1) is 11.7. The van der Waals surface area contributed by atoms with E-state index in [2.05, 4.69) is 0 Å². The predicted molar refractivity (Wildman–Crippen MR) is 60.4 cm³/mol. The molecule has 2 aromatic carbocycles. The van der Waals surface area contributed by atoms with Crippen molar-refractivity contribution in [2.45, 2.75) is 6.18 Å². The Hall–Kier alpha value is -1.77.